The minimum absolute atomic E-state index is 0.191. The van der Waals surface area contributed by atoms with Crippen LogP contribution in [0.25, 0.3) is 10.9 Å². The number of hydrogen-bond acceptors (Lipinski definition) is 3. The van der Waals surface area contributed by atoms with Gasteiger partial charge in [-0.25, -0.2) is 0 Å². The summed E-state index contributed by atoms with van der Waals surface area (Å²) >= 11 is 0. The first-order valence-corrected chi connectivity index (χ1v) is 7.73. The van der Waals surface area contributed by atoms with Crippen LogP contribution >= 0.6 is 0 Å². The van der Waals surface area contributed by atoms with Gasteiger partial charge in [-0.2, -0.15) is 13.2 Å². The number of H-pyrrole nitrogens is 1. The molecule has 26 heavy (non-hydrogen) atoms. The quantitative estimate of drug-likeness (QED) is 0.629. The van der Waals surface area contributed by atoms with Gasteiger partial charge in [0.1, 0.15) is 18.0 Å². The first-order chi connectivity index (χ1) is 12.4. The van der Waals surface area contributed by atoms with Gasteiger partial charge in [0.15, 0.2) is 0 Å². The number of ether oxygens (including phenoxy) is 1. The highest BCUT2D eigenvalue weighted by Crippen LogP contribution is 2.25. The van der Waals surface area contributed by atoms with Gasteiger partial charge in [-0.1, -0.05) is 12.1 Å². The molecule has 3 aromatic rings. The number of aromatic nitrogens is 1. The summed E-state index contributed by atoms with van der Waals surface area (Å²) < 4.78 is 42.4. The van der Waals surface area contributed by atoms with Crippen LogP contribution in [0.1, 0.15) is 10.5 Å². The van der Waals surface area contributed by atoms with Crippen molar-refractivity contribution >= 4 is 28.2 Å². The minimum atomic E-state index is -4.35. The molecule has 0 saturated carbocycles. The molecule has 0 unspecified atom stereocenters. The number of fused-ring (bicyclic) bond motifs is 1. The molecule has 1 heterocycles. The molecule has 0 saturated heterocycles. The van der Waals surface area contributed by atoms with E-state index in [1.165, 1.54) is 12.1 Å². The Balaban J connectivity index is 1.80. The Labute approximate surface area is 147 Å². The molecule has 5 nitrogen and oxygen atoms in total. The topological polar surface area (TPSA) is 66.2 Å². The van der Waals surface area contributed by atoms with E-state index in [2.05, 4.69) is 15.6 Å². The van der Waals surface area contributed by atoms with Gasteiger partial charge in [0.05, 0.1) is 18.5 Å². The van der Waals surface area contributed by atoms with Crippen molar-refractivity contribution in [2.75, 3.05) is 24.3 Å². The van der Waals surface area contributed by atoms with E-state index in [1.54, 1.807) is 43.5 Å². The molecular weight excluding hydrogens is 347 g/mol. The molecule has 136 valence electrons. The molecule has 0 bridgehead atoms. The van der Waals surface area contributed by atoms with Crippen LogP contribution in [0.3, 0.4) is 0 Å². The molecule has 2 aromatic carbocycles. The number of benzene rings is 2. The molecular formula is C18H16F3N3O2. The van der Waals surface area contributed by atoms with Gasteiger partial charge < -0.3 is 20.4 Å². The maximum absolute atomic E-state index is 12.5. The number of alkyl halides is 3. The predicted molar refractivity (Wildman–Crippen MR) is 93.8 cm³/mol. The predicted octanol–water partition coefficient (Wildman–Crippen LogP) is 4.40. The largest absolute Gasteiger partial charge is 0.497 e. The number of anilines is 2. The van der Waals surface area contributed by atoms with Crippen molar-refractivity contribution in [1.82, 2.24) is 4.98 Å². The standard InChI is InChI=1S/C18H16F3N3O2/c1-26-12-7-6-11-8-16(23-15(11)9-12)17(25)24-14-5-3-2-4-13(14)22-10-18(19,20)21/h2-9,22-23H,10H2,1H3,(H,24,25). The molecule has 3 rings (SSSR count). The fourth-order valence-electron chi connectivity index (χ4n) is 2.49. The van der Waals surface area contributed by atoms with E-state index in [0.29, 0.717) is 11.4 Å². The van der Waals surface area contributed by atoms with Gasteiger partial charge in [0, 0.05) is 17.0 Å². The Hall–Kier alpha value is -3.16. The second-order valence-corrected chi connectivity index (χ2v) is 5.60. The molecule has 3 N–H and O–H groups in total. The summed E-state index contributed by atoms with van der Waals surface area (Å²) in [6.07, 6.45) is -4.35. The summed E-state index contributed by atoms with van der Waals surface area (Å²) in [5.74, 6) is 0.189. The summed E-state index contributed by atoms with van der Waals surface area (Å²) in [5.41, 5.74) is 1.46. The molecule has 0 atom stereocenters. The first kappa shape index (κ1) is 17.7. The third kappa shape index (κ3) is 4.08. The zero-order valence-corrected chi connectivity index (χ0v) is 13.8. The van der Waals surface area contributed by atoms with Crippen LogP contribution in [-0.4, -0.2) is 30.7 Å². The molecule has 0 aliphatic carbocycles. The third-order valence-electron chi connectivity index (χ3n) is 3.73. The van der Waals surface area contributed by atoms with Crippen molar-refractivity contribution in [2.45, 2.75) is 6.18 Å². The van der Waals surface area contributed by atoms with Crippen molar-refractivity contribution in [1.29, 1.82) is 0 Å². The zero-order chi connectivity index (χ0) is 18.7. The van der Waals surface area contributed by atoms with E-state index in [-0.39, 0.29) is 11.4 Å². The fraction of sp³-hybridized carbons (Fsp3) is 0.167. The number of hydrogen-bond donors (Lipinski definition) is 3. The summed E-state index contributed by atoms with van der Waals surface area (Å²) in [7, 11) is 1.54. The Morgan fingerprint density at radius 3 is 2.54 bits per heavy atom. The monoisotopic (exact) mass is 363 g/mol. The number of para-hydroxylation sites is 2. The van der Waals surface area contributed by atoms with Crippen molar-refractivity contribution < 1.29 is 22.7 Å². The van der Waals surface area contributed by atoms with Gasteiger partial charge in [-0.15, -0.1) is 0 Å². The summed E-state index contributed by atoms with van der Waals surface area (Å²) in [4.78, 5) is 15.4. The van der Waals surface area contributed by atoms with Crippen LogP contribution in [-0.2, 0) is 0 Å². The molecule has 1 aromatic heterocycles. The first-order valence-electron chi connectivity index (χ1n) is 7.73. The average molecular weight is 363 g/mol. The second-order valence-electron chi connectivity index (χ2n) is 5.60. The van der Waals surface area contributed by atoms with E-state index in [9.17, 15) is 18.0 Å². The Morgan fingerprint density at radius 2 is 1.85 bits per heavy atom. The Morgan fingerprint density at radius 1 is 1.12 bits per heavy atom. The van der Waals surface area contributed by atoms with Gasteiger partial charge in [-0.05, 0) is 30.3 Å². The molecule has 0 spiro atoms. The fourth-order valence-corrected chi connectivity index (χ4v) is 2.49. The van der Waals surface area contributed by atoms with Gasteiger partial charge in [-0.3, -0.25) is 4.79 Å². The van der Waals surface area contributed by atoms with E-state index in [1.807, 2.05) is 0 Å². The maximum atomic E-state index is 12.5. The molecule has 0 aliphatic heterocycles. The number of carbonyl (C=O) groups excluding carboxylic acids is 1. The number of rotatable bonds is 5. The third-order valence-corrected chi connectivity index (χ3v) is 3.73. The van der Waals surface area contributed by atoms with Crippen LogP contribution in [0.15, 0.2) is 48.5 Å². The van der Waals surface area contributed by atoms with Gasteiger partial charge in [0.25, 0.3) is 5.91 Å². The average Bonchev–Trinajstić information content (AvgIpc) is 3.03. The van der Waals surface area contributed by atoms with Crippen LogP contribution in [0.2, 0.25) is 0 Å². The zero-order valence-electron chi connectivity index (χ0n) is 13.8. The molecule has 0 fully saturated rings. The summed E-state index contributed by atoms with van der Waals surface area (Å²) in [6.45, 7) is -1.19. The summed E-state index contributed by atoms with van der Waals surface area (Å²) in [6, 6.07) is 13.2. The summed E-state index contributed by atoms with van der Waals surface area (Å²) in [5, 5.41) is 5.73. The smallest absolute Gasteiger partial charge is 0.405 e. The normalized spacial score (nSPS) is 11.4. The van der Waals surface area contributed by atoms with Crippen LogP contribution in [0, 0.1) is 0 Å². The van der Waals surface area contributed by atoms with Crippen LogP contribution in [0.5, 0.6) is 5.75 Å². The van der Waals surface area contributed by atoms with Crippen molar-refractivity contribution in [3.8, 4) is 5.75 Å². The number of amides is 1. The number of aromatic amines is 1. The highest BCUT2D eigenvalue weighted by atomic mass is 19.4. The lowest BCUT2D eigenvalue weighted by Gasteiger charge is -2.14. The Bertz CT molecular complexity index is 935. The van der Waals surface area contributed by atoms with E-state index >= 15 is 0 Å². The molecule has 0 aliphatic rings. The Kier molecular flexibility index (Phi) is 4.75. The molecule has 8 heteroatoms. The van der Waals surface area contributed by atoms with E-state index in [4.69, 9.17) is 4.74 Å². The lowest BCUT2D eigenvalue weighted by molar-refractivity contribution is -0.115. The van der Waals surface area contributed by atoms with E-state index < -0.39 is 18.6 Å². The van der Waals surface area contributed by atoms with Gasteiger partial charge >= 0.3 is 6.18 Å². The van der Waals surface area contributed by atoms with Crippen LogP contribution < -0.4 is 15.4 Å². The lowest BCUT2D eigenvalue weighted by Crippen LogP contribution is -2.22. The molecule has 1 amide bonds. The number of halogens is 3. The highest BCUT2D eigenvalue weighted by Gasteiger charge is 2.27. The van der Waals surface area contributed by atoms with Crippen molar-refractivity contribution in [3.63, 3.8) is 0 Å². The maximum Gasteiger partial charge on any atom is 0.405 e. The lowest BCUT2D eigenvalue weighted by atomic mass is 10.2. The van der Waals surface area contributed by atoms with Gasteiger partial charge in [0.2, 0.25) is 0 Å². The minimum Gasteiger partial charge on any atom is -0.497 e. The number of nitrogens with one attached hydrogen (secondary N) is 3. The number of methoxy groups -OCH3 is 1. The van der Waals surface area contributed by atoms with Crippen molar-refractivity contribution in [3.05, 3.63) is 54.2 Å². The van der Waals surface area contributed by atoms with Crippen molar-refractivity contribution in [2.24, 2.45) is 0 Å². The molecule has 0 radical (unpaired) electrons. The number of carbonyl (C=O) groups is 1. The van der Waals surface area contributed by atoms with E-state index in [0.717, 1.165) is 10.9 Å². The SMILES string of the molecule is COc1ccc2cc(C(=O)Nc3ccccc3NCC(F)(F)F)[nH]c2c1. The van der Waals surface area contributed by atoms with Crippen LogP contribution in [0.4, 0.5) is 24.5 Å². The highest BCUT2D eigenvalue weighted by molar-refractivity contribution is 6.07. The second kappa shape index (κ2) is 6.99.